The molecule has 1 N–H and O–H groups in total. The zero-order valence-electron chi connectivity index (χ0n) is 9.26. The molecule has 86 valence electrons. The molecule has 0 spiro atoms. The predicted molar refractivity (Wildman–Crippen MR) is 60.8 cm³/mol. The van der Waals surface area contributed by atoms with Crippen LogP contribution < -0.4 is 5.32 Å². The number of nitrogens with one attached hydrogen (secondary N) is 1. The molecule has 1 aromatic rings. The lowest BCUT2D eigenvalue weighted by molar-refractivity contribution is 0.509. The number of benzene rings is 1. The van der Waals surface area contributed by atoms with Crippen molar-refractivity contribution in [2.75, 3.05) is 6.54 Å². The second kappa shape index (κ2) is 6.24. The molecule has 0 saturated heterocycles. The van der Waals surface area contributed by atoms with E-state index in [0.29, 0.717) is 18.4 Å². The van der Waals surface area contributed by atoms with Crippen LogP contribution in [0.2, 0.25) is 0 Å². The molecule has 1 unspecified atom stereocenters. The van der Waals surface area contributed by atoms with E-state index in [0.717, 1.165) is 12.6 Å². The number of halogens is 2. The number of rotatable bonds is 5. The molecule has 0 aliphatic rings. The molecule has 1 aromatic carbocycles. The van der Waals surface area contributed by atoms with E-state index < -0.39 is 11.6 Å². The molecule has 0 radical (unpaired) electrons. The Labute approximate surface area is 94.9 Å². The van der Waals surface area contributed by atoms with Gasteiger partial charge in [-0.15, -0.1) is 12.3 Å². The van der Waals surface area contributed by atoms with Gasteiger partial charge in [-0.2, -0.15) is 0 Å². The molecule has 0 saturated carbocycles. The molecule has 1 atom stereocenters. The van der Waals surface area contributed by atoms with Gasteiger partial charge in [0.15, 0.2) is 0 Å². The first kappa shape index (κ1) is 12.7. The molecule has 0 aliphatic heterocycles. The molecule has 0 fully saturated rings. The first-order valence-corrected chi connectivity index (χ1v) is 5.30. The van der Waals surface area contributed by atoms with Gasteiger partial charge in [-0.3, -0.25) is 0 Å². The maximum absolute atomic E-state index is 13.0. The van der Waals surface area contributed by atoms with Crippen LogP contribution in [0.15, 0.2) is 18.2 Å². The van der Waals surface area contributed by atoms with Crippen molar-refractivity contribution in [3.05, 3.63) is 35.4 Å². The van der Waals surface area contributed by atoms with Crippen molar-refractivity contribution >= 4 is 0 Å². The van der Waals surface area contributed by atoms with Gasteiger partial charge in [0.25, 0.3) is 0 Å². The Morgan fingerprint density at radius 2 is 1.94 bits per heavy atom. The first-order chi connectivity index (χ1) is 7.67. The lowest BCUT2D eigenvalue weighted by atomic mass is 10.0. The van der Waals surface area contributed by atoms with Crippen molar-refractivity contribution in [2.45, 2.75) is 25.8 Å². The van der Waals surface area contributed by atoms with Crippen molar-refractivity contribution in [2.24, 2.45) is 0 Å². The fourth-order valence-electron chi connectivity index (χ4n) is 1.64. The minimum atomic E-state index is -0.557. The van der Waals surface area contributed by atoms with E-state index in [2.05, 4.69) is 11.2 Å². The Hall–Kier alpha value is -1.40. The molecule has 16 heavy (non-hydrogen) atoms. The standard InChI is InChI=1S/C13H15F2N/c1-3-5-6-13(16-4-2)10-7-11(14)9-12(15)8-10/h1,7-9,13,16H,4-6H2,2H3. The summed E-state index contributed by atoms with van der Waals surface area (Å²) in [6.07, 6.45) is 6.44. The third-order valence-electron chi connectivity index (χ3n) is 2.32. The van der Waals surface area contributed by atoms with Gasteiger partial charge in [0.2, 0.25) is 0 Å². The lowest BCUT2D eigenvalue weighted by Crippen LogP contribution is -2.21. The van der Waals surface area contributed by atoms with Gasteiger partial charge in [0, 0.05) is 18.5 Å². The maximum Gasteiger partial charge on any atom is 0.126 e. The van der Waals surface area contributed by atoms with Crippen LogP contribution in [0.25, 0.3) is 0 Å². The first-order valence-electron chi connectivity index (χ1n) is 5.30. The SMILES string of the molecule is C#CCCC(NCC)c1cc(F)cc(F)c1. The highest BCUT2D eigenvalue weighted by molar-refractivity contribution is 5.21. The smallest absolute Gasteiger partial charge is 0.126 e. The summed E-state index contributed by atoms with van der Waals surface area (Å²) in [6, 6.07) is 3.46. The van der Waals surface area contributed by atoms with Crippen LogP contribution in [0.1, 0.15) is 31.4 Å². The van der Waals surface area contributed by atoms with Crippen molar-refractivity contribution in [3.63, 3.8) is 0 Å². The molecule has 0 heterocycles. The van der Waals surface area contributed by atoms with Crippen molar-refractivity contribution in [3.8, 4) is 12.3 Å². The molecule has 0 aliphatic carbocycles. The average molecular weight is 223 g/mol. The van der Waals surface area contributed by atoms with Crippen molar-refractivity contribution in [1.29, 1.82) is 0 Å². The van der Waals surface area contributed by atoms with E-state index in [1.807, 2.05) is 6.92 Å². The second-order valence-corrected chi connectivity index (χ2v) is 3.56. The van der Waals surface area contributed by atoms with E-state index in [1.165, 1.54) is 12.1 Å². The van der Waals surface area contributed by atoms with Crippen LogP contribution in [-0.4, -0.2) is 6.54 Å². The number of hydrogen-bond acceptors (Lipinski definition) is 1. The van der Waals surface area contributed by atoms with Gasteiger partial charge in [-0.1, -0.05) is 6.92 Å². The number of hydrogen-bond donors (Lipinski definition) is 1. The molecular formula is C13H15F2N. The monoisotopic (exact) mass is 223 g/mol. The topological polar surface area (TPSA) is 12.0 Å². The largest absolute Gasteiger partial charge is 0.310 e. The van der Waals surface area contributed by atoms with Crippen LogP contribution >= 0.6 is 0 Å². The Bertz CT molecular complexity index is 362. The lowest BCUT2D eigenvalue weighted by Gasteiger charge is -2.17. The molecule has 0 aromatic heterocycles. The van der Waals surface area contributed by atoms with E-state index in [-0.39, 0.29) is 6.04 Å². The highest BCUT2D eigenvalue weighted by Gasteiger charge is 2.11. The Balaban J connectivity index is 2.87. The van der Waals surface area contributed by atoms with Gasteiger partial charge in [-0.05, 0) is 30.7 Å². The highest BCUT2D eigenvalue weighted by Crippen LogP contribution is 2.20. The molecular weight excluding hydrogens is 208 g/mol. The molecule has 0 amide bonds. The Morgan fingerprint density at radius 1 is 1.31 bits per heavy atom. The summed E-state index contributed by atoms with van der Waals surface area (Å²) in [4.78, 5) is 0. The van der Waals surface area contributed by atoms with Crippen molar-refractivity contribution in [1.82, 2.24) is 5.32 Å². The summed E-state index contributed by atoms with van der Waals surface area (Å²) in [5.74, 6) is 1.41. The summed E-state index contributed by atoms with van der Waals surface area (Å²) in [5, 5.41) is 3.16. The van der Waals surface area contributed by atoms with Gasteiger partial charge in [0.1, 0.15) is 11.6 Å². The van der Waals surface area contributed by atoms with Crippen LogP contribution in [-0.2, 0) is 0 Å². The normalized spacial score (nSPS) is 12.1. The summed E-state index contributed by atoms with van der Waals surface area (Å²) < 4.78 is 26.1. The van der Waals surface area contributed by atoms with Gasteiger partial charge in [0.05, 0.1) is 0 Å². The van der Waals surface area contributed by atoms with Crippen LogP contribution in [0, 0.1) is 24.0 Å². The van der Waals surface area contributed by atoms with E-state index in [1.54, 1.807) is 0 Å². The van der Waals surface area contributed by atoms with Gasteiger partial charge < -0.3 is 5.32 Å². The third kappa shape index (κ3) is 3.63. The summed E-state index contributed by atoms with van der Waals surface area (Å²) >= 11 is 0. The Kier molecular flexibility index (Phi) is 4.94. The maximum atomic E-state index is 13.0. The summed E-state index contributed by atoms with van der Waals surface area (Å²) in [5.41, 5.74) is 0.606. The minimum absolute atomic E-state index is 0.0914. The molecule has 1 rings (SSSR count). The fraction of sp³-hybridized carbons (Fsp3) is 0.385. The number of terminal acetylenes is 1. The molecule has 1 nitrogen and oxygen atoms in total. The van der Waals surface area contributed by atoms with E-state index >= 15 is 0 Å². The highest BCUT2D eigenvalue weighted by atomic mass is 19.1. The second-order valence-electron chi connectivity index (χ2n) is 3.56. The zero-order valence-corrected chi connectivity index (χ0v) is 9.26. The predicted octanol–water partition coefficient (Wildman–Crippen LogP) is 3.03. The van der Waals surface area contributed by atoms with Crippen LogP contribution in [0.4, 0.5) is 8.78 Å². The quantitative estimate of drug-likeness (QED) is 0.756. The summed E-state index contributed by atoms with van der Waals surface area (Å²) in [7, 11) is 0. The average Bonchev–Trinajstić information content (AvgIpc) is 2.22. The summed E-state index contributed by atoms with van der Waals surface area (Å²) in [6.45, 7) is 2.67. The Morgan fingerprint density at radius 3 is 2.44 bits per heavy atom. The van der Waals surface area contributed by atoms with Gasteiger partial charge in [-0.25, -0.2) is 8.78 Å². The van der Waals surface area contributed by atoms with Crippen LogP contribution in [0.5, 0.6) is 0 Å². The van der Waals surface area contributed by atoms with Crippen LogP contribution in [0.3, 0.4) is 0 Å². The molecule has 3 heteroatoms. The van der Waals surface area contributed by atoms with E-state index in [9.17, 15) is 8.78 Å². The third-order valence-corrected chi connectivity index (χ3v) is 2.32. The minimum Gasteiger partial charge on any atom is -0.310 e. The molecule has 0 bridgehead atoms. The van der Waals surface area contributed by atoms with E-state index in [4.69, 9.17) is 6.42 Å². The van der Waals surface area contributed by atoms with Gasteiger partial charge >= 0.3 is 0 Å². The van der Waals surface area contributed by atoms with Crippen molar-refractivity contribution < 1.29 is 8.78 Å². The zero-order chi connectivity index (χ0) is 12.0. The fourth-order valence-corrected chi connectivity index (χ4v) is 1.64.